The summed E-state index contributed by atoms with van der Waals surface area (Å²) in [5.41, 5.74) is 0.0743. The van der Waals surface area contributed by atoms with Gasteiger partial charge in [-0.3, -0.25) is 14.9 Å². The van der Waals surface area contributed by atoms with Crippen LogP contribution in [0, 0.1) is 16.0 Å². The molecule has 0 aromatic heterocycles. The maximum absolute atomic E-state index is 12.0. The molecule has 2 atom stereocenters. The highest BCUT2D eigenvalue weighted by atomic mass is 16.6. The number of carbonyl (C=O) groups excluding carboxylic acids is 1. The monoisotopic (exact) mass is 282 g/mol. The van der Waals surface area contributed by atoms with Crippen LogP contribution in [-0.2, 0) is 0 Å². The first-order valence-electron chi connectivity index (χ1n) is 6.14. The minimum absolute atomic E-state index is 0.0329. The van der Waals surface area contributed by atoms with Crippen LogP contribution < -0.4 is 10.1 Å². The first-order valence-corrected chi connectivity index (χ1v) is 6.14. The van der Waals surface area contributed by atoms with Crippen LogP contribution in [0.15, 0.2) is 18.2 Å². The zero-order chi connectivity index (χ0) is 15.3. The average molecular weight is 282 g/mol. The predicted octanol–water partition coefficient (Wildman–Crippen LogP) is 1.35. The number of methoxy groups -OCH3 is 1. The Morgan fingerprint density at radius 1 is 1.50 bits per heavy atom. The average Bonchev–Trinajstić information content (AvgIpc) is 2.45. The lowest BCUT2D eigenvalue weighted by atomic mass is 10.0. The van der Waals surface area contributed by atoms with Crippen molar-refractivity contribution >= 4 is 11.6 Å². The van der Waals surface area contributed by atoms with Crippen molar-refractivity contribution in [2.75, 3.05) is 13.7 Å². The third kappa shape index (κ3) is 3.67. The van der Waals surface area contributed by atoms with Gasteiger partial charge in [0.2, 0.25) is 0 Å². The number of nitrogens with one attached hydrogen (secondary N) is 1. The van der Waals surface area contributed by atoms with Gasteiger partial charge < -0.3 is 15.2 Å². The van der Waals surface area contributed by atoms with Crippen molar-refractivity contribution in [2.24, 2.45) is 5.92 Å². The highest BCUT2D eigenvalue weighted by Crippen LogP contribution is 2.27. The molecule has 0 aliphatic carbocycles. The van der Waals surface area contributed by atoms with E-state index in [1.807, 2.05) is 0 Å². The maximum Gasteiger partial charge on any atom is 0.310 e. The van der Waals surface area contributed by atoms with Gasteiger partial charge in [-0.1, -0.05) is 6.92 Å². The van der Waals surface area contributed by atoms with Crippen molar-refractivity contribution in [3.63, 3.8) is 0 Å². The van der Waals surface area contributed by atoms with Gasteiger partial charge in [0.15, 0.2) is 5.75 Å². The van der Waals surface area contributed by atoms with E-state index in [1.165, 1.54) is 25.3 Å². The Bertz CT molecular complexity index is 504. The minimum atomic E-state index is -0.572. The van der Waals surface area contributed by atoms with Gasteiger partial charge in [0.05, 0.1) is 12.0 Å². The van der Waals surface area contributed by atoms with E-state index in [0.717, 1.165) is 0 Å². The van der Waals surface area contributed by atoms with Gasteiger partial charge in [0.1, 0.15) is 0 Å². The summed E-state index contributed by atoms with van der Waals surface area (Å²) in [4.78, 5) is 22.2. The molecule has 1 rings (SSSR count). The largest absolute Gasteiger partial charge is 0.490 e. The number of hydrogen-bond donors (Lipinski definition) is 2. The van der Waals surface area contributed by atoms with Crippen LogP contribution in [0.4, 0.5) is 5.69 Å². The number of rotatable bonds is 6. The zero-order valence-corrected chi connectivity index (χ0v) is 11.6. The summed E-state index contributed by atoms with van der Waals surface area (Å²) in [5, 5.41) is 22.5. The molecule has 0 aliphatic heterocycles. The van der Waals surface area contributed by atoms with Crippen LogP contribution in [-0.4, -0.2) is 35.7 Å². The minimum Gasteiger partial charge on any atom is -0.490 e. The standard InChI is InChI=1S/C13H18N2O5/c1-8(7-16)9(2)14-13(17)10-4-5-11(15(18)19)12(6-10)20-3/h4-6,8-9,16H,7H2,1-3H3,(H,14,17). The van der Waals surface area contributed by atoms with Crippen molar-refractivity contribution in [3.8, 4) is 5.75 Å². The molecule has 0 fully saturated rings. The lowest BCUT2D eigenvalue weighted by molar-refractivity contribution is -0.385. The molecule has 1 amide bonds. The predicted molar refractivity (Wildman–Crippen MR) is 72.8 cm³/mol. The van der Waals surface area contributed by atoms with Gasteiger partial charge in [-0.2, -0.15) is 0 Å². The number of nitro groups is 1. The van der Waals surface area contributed by atoms with E-state index in [4.69, 9.17) is 9.84 Å². The summed E-state index contributed by atoms with van der Waals surface area (Å²) in [5.74, 6) is -0.421. The summed E-state index contributed by atoms with van der Waals surface area (Å²) in [6.45, 7) is 3.55. The molecular formula is C13H18N2O5. The Hall–Kier alpha value is -2.15. The van der Waals surface area contributed by atoms with E-state index in [9.17, 15) is 14.9 Å². The van der Waals surface area contributed by atoms with Crippen LogP contribution in [0.5, 0.6) is 5.75 Å². The van der Waals surface area contributed by atoms with E-state index in [-0.39, 0.29) is 41.5 Å². The van der Waals surface area contributed by atoms with Gasteiger partial charge >= 0.3 is 5.69 Å². The van der Waals surface area contributed by atoms with Crippen LogP contribution in [0.2, 0.25) is 0 Å². The van der Waals surface area contributed by atoms with Crippen molar-refractivity contribution in [3.05, 3.63) is 33.9 Å². The third-order valence-corrected chi connectivity index (χ3v) is 3.14. The molecule has 0 radical (unpaired) electrons. The van der Waals surface area contributed by atoms with E-state index < -0.39 is 4.92 Å². The summed E-state index contributed by atoms with van der Waals surface area (Å²) in [6.07, 6.45) is 0. The second-order valence-electron chi connectivity index (χ2n) is 4.57. The second-order valence-corrected chi connectivity index (χ2v) is 4.57. The topological polar surface area (TPSA) is 102 Å². The number of nitro benzene ring substituents is 1. The maximum atomic E-state index is 12.0. The summed E-state index contributed by atoms with van der Waals surface area (Å²) in [7, 11) is 1.31. The van der Waals surface area contributed by atoms with E-state index in [2.05, 4.69) is 5.32 Å². The quantitative estimate of drug-likeness (QED) is 0.605. The van der Waals surface area contributed by atoms with Crippen molar-refractivity contribution < 1.29 is 19.6 Å². The van der Waals surface area contributed by atoms with Crippen LogP contribution in [0.25, 0.3) is 0 Å². The first-order chi connectivity index (χ1) is 9.40. The number of benzene rings is 1. The number of ether oxygens (including phenoxy) is 1. The Balaban J connectivity index is 2.92. The van der Waals surface area contributed by atoms with Crippen LogP contribution in [0.1, 0.15) is 24.2 Å². The van der Waals surface area contributed by atoms with Crippen molar-refractivity contribution in [1.29, 1.82) is 0 Å². The molecule has 1 aromatic carbocycles. The van der Waals surface area contributed by atoms with E-state index in [0.29, 0.717) is 0 Å². The number of aliphatic hydroxyl groups excluding tert-OH is 1. The third-order valence-electron chi connectivity index (χ3n) is 3.14. The Labute approximate surface area is 116 Å². The van der Waals surface area contributed by atoms with Gasteiger partial charge in [0.25, 0.3) is 5.91 Å². The zero-order valence-electron chi connectivity index (χ0n) is 11.6. The molecule has 20 heavy (non-hydrogen) atoms. The van der Waals surface area contributed by atoms with Gasteiger partial charge in [-0.25, -0.2) is 0 Å². The smallest absolute Gasteiger partial charge is 0.310 e. The fraction of sp³-hybridized carbons (Fsp3) is 0.462. The molecule has 7 nitrogen and oxygen atoms in total. The number of nitrogens with zero attached hydrogens (tertiary/aromatic N) is 1. The Morgan fingerprint density at radius 3 is 2.65 bits per heavy atom. The van der Waals surface area contributed by atoms with Crippen LogP contribution >= 0.6 is 0 Å². The molecular weight excluding hydrogens is 264 g/mol. The Kier molecular flexibility index (Phi) is 5.45. The van der Waals surface area contributed by atoms with Gasteiger partial charge in [0, 0.05) is 30.3 Å². The second kappa shape index (κ2) is 6.85. The molecule has 7 heteroatoms. The summed E-state index contributed by atoms with van der Waals surface area (Å²) < 4.78 is 4.91. The number of aliphatic hydroxyl groups is 1. The first kappa shape index (κ1) is 15.9. The van der Waals surface area contributed by atoms with Crippen LogP contribution in [0.3, 0.4) is 0 Å². The van der Waals surface area contributed by atoms with E-state index >= 15 is 0 Å². The molecule has 2 N–H and O–H groups in total. The SMILES string of the molecule is COc1cc(C(=O)NC(C)C(C)CO)ccc1[N+](=O)[O-]. The normalized spacial score (nSPS) is 13.4. The molecule has 0 saturated carbocycles. The van der Waals surface area contributed by atoms with E-state index in [1.54, 1.807) is 13.8 Å². The molecule has 0 spiro atoms. The fourth-order valence-corrected chi connectivity index (χ4v) is 1.56. The molecule has 0 heterocycles. The molecule has 1 aromatic rings. The highest BCUT2D eigenvalue weighted by molar-refractivity contribution is 5.95. The molecule has 0 bridgehead atoms. The molecule has 0 aliphatic rings. The number of hydrogen-bond acceptors (Lipinski definition) is 5. The van der Waals surface area contributed by atoms with Crippen molar-refractivity contribution in [1.82, 2.24) is 5.32 Å². The number of amides is 1. The fourth-order valence-electron chi connectivity index (χ4n) is 1.56. The Morgan fingerprint density at radius 2 is 2.15 bits per heavy atom. The van der Waals surface area contributed by atoms with Crippen molar-refractivity contribution in [2.45, 2.75) is 19.9 Å². The molecule has 2 unspecified atom stereocenters. The van der Waals surface area contributed by atoms with Gasteiger partial charge in [-0.15, -0.1) is 0 Å². The number of carbonyl (C=O) groups is 1. The molecule has 0 saturated heterocycles. The lowest BCUT2D eigenvalue weighted by Crippen LogP contribution is -2.38. The summed E-state index contributed by atoms with van der Waals surface area (Å²) >= 11 is 0. The van der Waals surface area contributed by atoms with Gasteiger partial charge in [-0.05, 0) is 18.9 Å². The molecule has 110 valence electrons. The summed E-state index contributed by atoms with van der Waals surface area (Å²) in [6, 6.07) is 3.71. The highest BCUT2D eigenvalue weighted by Gasteiger charge is 2.19. The lowest BCUT2D eigenvalue weighted by Gasteiger charge is -2.19.